The third-order valence-corrected chi connectivity index (χ3v) is 3.21. The third-order valence-electron chi connectivity index (χ3n) is 3.21. The maximum Gasteiger partial charge on any atom is 0.335 e. The van der Waals surface area contributed by atoms with E-state index in [1.165, 1.54) is 16.7 Å². The van der Waals surface area contributed by atoms with Crippen LogP contribution in [0.1, 0.15) is 15.9 Å². The second-order valence-corrected chi connectivity index (χ2v) is 4.54. The first kappa shape index (κ1) is 12.2. The van der Waals surface area contributed by atoms with Gasteiger partial charge >= 0.3 is 11.7 Å². The molecule has 0 aliphatic heterocycles. The number of aromatic nitrogens is 2. The van der Waals surface area contributed by atoms with Crippen molar-refractivity contribution in [2.75, 3.05) is 0 Å². The van der Waals surface area contributed by atoms with Gasteiger partial charge in [-0.05, 0) is 23.8 Å². The smallest absolute Gasteiger partial charge is 0.335 e. The Morgan fingerprint density at radius 3 is 2.60 bits per heavy atom. The summed E-state index contributed by atoms with van der Waals surface area (Å²) in [6.45, 7) is 0.406. The lowest BCUT2D eigenvalue weighted by atomic mass is 10.2. The molecule has 3 rings (SSSR count). The number of nitrogens with one attached hydrogen (secondary N) is 1. The summed E-state index contributed by atoms with van der Waals surface area (Å²) in [6, 6.07) is 14.2. The number of benzene rings is 2. The Labute approximate surface area is 114 Å². The van der Waals surface area contributed by atoms with Gasteiger partial charge in [0.25, 0.3) is 0 Å². The van der Waals surface area contributed by atoms with Crippen LogP contribution in [0.15, 0.2) is 53.3 Å². The predicted molar refractivity (Wildman–Crippen MR) is 75.1 cm³/mol. The summed E-state index contributed by atoms with van der Waals surface area (Å²) in [5.74, 6) is -1.01. The number of fused-ring (bicyclic) bond motifs is 1. The Morgan fingerprint density at radius 1 is 1.15 bits per heavy atom. The van der Waals surface area contributed by atoms with Crippen LogP contribution in [-0.2, 0) is 6.54 Å². The molecule has 0 fully saturated rings. The number of rotatable bonds is 3. The van der Waals surface area contributed by atoms with E-state index in [0.717, 1.165) is 5.56 Å². The van der Waals surface area contributed by atoms with Crippen molar-refractivity contribution in [1.82, 2.24) is 9.55 Å². The van der Waals surface area contributed by atoms with E-state index in [9.17, 15) is 9.59 Å². The largest absolute Gasteiger partial charge is 0.478 e. The van der Waals surface area contributed by atoms with Crippen LogP contribution in [0, 0.1) is 0 Å². The van der Waals surface area contributed by atoms with Crippen LogP contribution >= 0.6 is 0 Å². The molecule has 2 N–H and O–H groups in total. The normalized spacial score (nSPS) is 10.8. The standard InChI is InChI=1S/C15H12N2O3/c18-14(19)11-6-7-12-13(8-11)17(15(20)16-12)9-10-4-2-1-3-5-10/h1-8H,9H2,(H,16,20)(H,18,19). The molecule has 100 valence electrons. The first-order valence-corrected chi connectivity index (χ1v) is 6.15. The monoisotopic (exact) mass is 268 g/mol. The van der Waals surface area contributed by atoms with Gasteiger partial charge in [0.15, 0.2) is 0 Å². The van der Waals surface area contributed by atoms with Gasteiger partial charge in [-0.2, -0.15) is 0 Å². The van der Waals surface area contributed by atoms with E-state index in [4.69, 9.17) is 5.11 Å². The Balaban J connectivity index is 2.14. The number of hydrogen-bond acceptors (Lipinski definition) is 2. The topological polar surface area (TPSA) is 75.1 Å². The zero-order chi connectivity index (χ0) is 14.1. The molecular formula is C15H12N2O3. The number of imidazole rings is 1. The minimum atomic E-state index is -1.01. The molecule has 0 radical (unpaired) electrons. The number of carbonyl (C=O) groups is 1. The number of hydrogen-bond donors (Lipinski definition) is 2. The Bertz CT molecular complexity index is 831. The van der Waals surface area contributed by atoms with Crippen LogP contribution in [0.4, 0.5) is 0 Å². The van der Waals surface area contributed by atoms with Gasteiger partial charge in [0.2, 0.25) is 0 Å². The maximum atomic E-state index is 12.0. The molecule has 1 aromatic heterocycles. The summed E-state index contributed by atoms with van der Waals surface area (Å²) >= 11 is 0. The number of H-pyrrole nitrogens is 1. The fraction of sp³-hybridized carbons (Fsp3) is 0.0667. The van der Waals surface area contributed by atoms with E-state index in [1.54, 1.807) is 6.07 Å². The van der Waals surface area contributed by atoms with Crippen molar-refractivity contribution in [2.24, 2.45) is 0 Å². The summed E-state index contributed by atoms with van der Waals surface area (Å²) < 4.78 is 1.54. The SMILES string of the molecule is O=C(O)c1ccc2[nH]c(=O)n(Cc3ccccc3)c2c1. The average molecular weight is 268 g/mol. The van der Waals surface area contributed by atoms with Gasteiger partial charge in [-0.15, -0.1) is 0 Å². The molecule has 0 atom stereocenters. The van der Waals surface area contributed by atoms with Gasteiger partial charge in [0.05, 0.1) is 23.1 Å². The van der Waals surface area contributed by atoms with Crippen molar-refractivity contribution < 1.29 is 9.90 Å². The van der Waals surface area contributed by atoms with Crippen LogP contribution in [0.2, 0.25) is 0 Å². The van der Waals surface area contributed by atoms with E-state index in [2.05, 4.69) is 4.98 Å². The minimum Gasteiger partial charge on any atom is -0.478 e. The van der Waals surface area contributed by atoms with Crippen molar-refractivity contribution in [3.8, 4) is 0 Å². The summed E-state index contributed by atoms with van der Waals surface area (Å²) in [6.07, 6.45) is 0. The summed E-state index contributed by atoms with van der Waals surface area (Å²) in [5.41, 5.74) is 2.13. The van der Waals surface area contributed by atoms with E-state index < -0.39 is 5.97 Å². The van der Waals surface area contributed by atoms with Gasteiger partial charge in [0, 0.05) is 0 Å². The number of aromatic carboxylic acids is 1. The Morgan fingerprint density at radius 2 is 1.90 bits per heavy atom. The van der Waals surface area contributed by atoms with Gasteiger partial charge in [-0.25, -0.2) is 9.59 Å². The number of aromatic amines is 1. The van der Waals surface area contributed by atoms with Crippen LogP contribution in [0.5, 0.6) is 0 Å². The average Bonchev–Trinajstić information content (AvgIpc) is 2.75. The molecule has 1 heterocycles. The molecule has 0 aliphatic carbocycles. The highest BCUT2D eigenvalue weighted by Crippen LogP contribution is 2.14. The lowest BCUT2D eigenvalue weighted by Crippen LogP contribution is -2.17. The van der Waals surface area contributed by atoms with Crippen LogP contribution in [0.25, 0.3) is 11.0 Å². The first-order valence-electron chi connectivity index (χ1n) is 6.15. The van der Waals surface area contributed by atoms with Gasteiger partial charge < -0.3 is 10.1 Å². The minimum absolute atomic E-state index is 0.165. The van der Waals surface area contributed by atoms with Gasteiger partial charge in [-0.3, -0.25) is 4.57 Å². The van der Waals surface area contributed by atoms with Crippen molar-refractivity contribution in [3.05, 3.63) is 70.1 Å². The van der Waals surface area contributed by atoms with E-state index in [-0.39, 0.29) is 11.3 Å². The van der Waals surface area contributed by atoms with E-state index >= 15 is 0 Å². The lowest BCUT2D eigenvalue weighted by Gasteiger charge is -2.04. The van der Waals surface area contributed by atoms with Crippen molar-refractivity contribution in [2.45, 2.75) is 6.54 Å². The van der Waals surface area contributed by atoms with Gasteiger partial charge in [-0.1, -0.05) is 30.3 Å². The second kappa shape index (κ2) is 4.70. The van der Waals surface area contributed by atoms with Crippen LogP contribution in [0.3, 0.4) is 0 Å². The first-order chi connectivity index (χ1) is 9.65. The molecule has 0 saturated carbocycles. The number of carboxylic acids is 1. The Hall–Kier alpha value is -2.82. The molecule has 2 aromatic carbocycles. The molecule has 5 heteroatoms. The number of carboxylic acid groups (broad SMARTS) is 1. The molecular weight excluding hydrogens is 256 g/mol. The molecule has 3 aromatic rings. The molecule has 0 bridgehead atoms. The number of nitrogens with zero attached hydrogens (tertiary/aromatic N) is 1. The lowest BCUT2D eigenvalue weighted by molar-refractivity contribution is 0.0697. The van der Waals surface area contributed by atoms with Crippen LogP contribution < -0.4 is 5.69 Å². The maximum absolute atomic E-state index is 12.0. The molecule has 0 aliphatic rings. The molecule has 0 amide bonds. The second-order valence-electron chi connectivity index (χ2n) is 4.54. The highest BCUT2D eigenvalue weighted by atomic mass is 16.4. The predicted octanol–water partition coefficient (Wildman–Crippen LogP) is 2.08. The highest BCUT2D eigenvalue weighted by Gasteiger charge is 2.10. The van der Waals surface area contributed by atoms with Crippen molar-refractivity contribution in [1.29, 1.82) is 0 Å². The summed E-state index contributed by atoms with van der Waals surface area (Å²) in [7, 11) is 0. The quantitative estimate of drug-likeness (QED) is 0.763. The zero-order valence-electron chi connectivity index (χ0n) is 10.5. The van der Waals surface area contributed by atoms with E-state index in [1.807, 2.05) is 30.3 Å². The molecule has 5 nitrogen and oxygen atoms in total. The zero-order valence-corrected chi connectivity index (χ0v) is 10.5. The fourth-order valence-corrected chi connectivity index (χ4v) is 2.21. The Kier molecular flexibility index (Phi) is 2.87. The van der Waals surface area contributed by atoms with Gasteiger partial charge in [0.1, 0.15) is 0 Å². The van der Waals surface area contributed by atoms with Crippen molar-refractivity contribution >= 4 is 17.0 Å². The molecule has 0 spiro atoms. The summed E-state index contributed by atoms with van der Waals surface area (Å²) in [4.78, 5) is 25.7. The fourth-order valence-electron chi connectivity index (χ4n) is 2.21. The molecule has 0 unspecified atom stereocenters. The molecule has 0 saturated heterocycles. The molecule has 20 heavy (non-hydrogen) atoms. The highest BCUT2D eigenvalue weighted by molar-refractivity contribution is 5.92. The van der Waals surface area contributed by atoms with Crippen LogP contribution in [-0.4, -0.2) is 20.6 Å². The van der Waals surface area contributed by atoms with E-state index in [0.29, 0.717) is 17.6 Å². The third kappa shape index (κ3) is 2.09. The summed E-state index contributed by atoms with van der Waals surface area (Å²) in [5, 5.41) is 9.03. The van der Waals surface area contributed by atoms with Crippen molar-refractivity contribution in [3.63, 3.8) is 0 Å².